The Hall–Kier alpha value is -1.76. The third-order valence-electron chi connectivity index (χ3n) is 2.74. The van der Waals surface area contributed by atoms with E-state index in [1.54, 1.807) is 0 Å². The van der Waals surface area contributed by atoms with Gasteiger partial charge in [-0.2, -0.15) is 0 Å². The molecule has 0 aromatic heterocycles. The van der Waals surface area contributed by atoms with E-state index in [-0.39, 0.29) is 0 Å². The molecule has 3 aliphatic rings. The molecule has 0 amide bonds. The van der Waals surface area contributed by atoms with Crippen LogP contribution >= 0.6 is 0 Å². The lowest BCUT2D eigenvalue weighted by atomic mass is 9.90. The zero-order chi connectivity index (χ0) is 10.7. The summed E-state index contributed by atoms with van der Waals surface area (Å²) >= 11 is 0. The van der Waals surface area contributed by atoms with Crippen molar-refractivity contribution in [1.82, 2.24) is 0 Å². The molecule has 3 saturated heterocycles. The van der Waals surface area contributed by atoms with Gasteiger partial charge in [0.1, 0.15) is 11.8 Å². The summed E-state index contributed by atoms with van der Waals surface area (Å²) in [5.74, 6) is -5.41. The van der Waals surface area contributed by atoms with Gasteiger partial charge < -0.3 is 14.2 Å². The van der Waals surface area contributed by atoms with Crippen molar-refractivity contribution in [3.63, 3.8) is 0 Å². The minimum absolute atomic E-state index is 0.829. The largest absolute Gasteiger partial charge is 0.391 e. The van der Waals surface area contributed by atoms with Crippen LogP contribution in [0.15, 0.2) is 0 Å². The average Bonchev–Trinajstić information content (AvgIpc) is 2.72. The lowest BCUT2D eigenvalue weighted by Crippen LogP contribution is -2.27. The predicted molar refractivity (Wildman–Crippen MR) is 37.8 cm³/mol. The van der Waals surface area contributed by atoms with E-state index in [1.807, 2.05) is 0 Å². The smallest absolute Gasteiger partial charge is 0.343 e. The lowest BCUT2D eigenvalue weighted by molar-refractivity contribution is -0.160. The highest BCUT2D eigenvalue weighted by atomic mass is 16.7. The molecule has 0 N–H and O–H groups in total. The number of fused-ring (bicyclic) bond motifs is 3. The van der Waals surface area contributed by atoms with Gasteiger partial charge in [-0.05, 0) is 0 Å². The summed E-state index contributed by atoms with van der Waals surface area (Å²) < 4.78 is 13.6. The molecule has 0 aromatic carbocycles. The number of carbonyl (C=O) groups is 4. The van der Waals surface area contributed by atoms with Gasteiger partial charge in [-0.3, -0.25) is 9.59 Å². The van der Waals surface area contributed by atoms with Crippen LogP contribution in [0.2, 0.25) is 0 Å². The Morgan fingerprint density at radius 1 is 0.667 bits per heavy atom. The number of ether oxygens (including phenoxy) is 3. The van der Waals surface area contributed by atoms with Gasteiger partial charge in [0.05, 0.1) is 0 Å². The van der Waals surface area contributed by atoms with Crippen molar-refractivity contribution in [2.45, 2.75) is 12.2 Å². The summed E-state index contributed by atoms with van der Waals surface area (Å²) in [5, 5.41) is 0. The van der Waals surface area contributed by atoms with Crippen LogP contribution in [0.1, 0.15) is 0 Å². The Morgan fingerprint density at radius 2 is 1.07 bits per heavy atom. The van der Waals surface area contributed by atoms with Gasteiger partial charge in [-0.1, -0.05) is 0 Å². The molecule has 78 valence electrons. The van der Waals surface area contributed by atoms with E-state index in [2.05, 4.69) is 9.47 Å². The van der Waals surface area contributed by atoms with Crippen molar-refractivity contribution < 1.29 is 33.4 Å². The predicted octanol–water partition coefficient (Wildman–Crippen LogP) is -1.85. The highest BCUT2D eigenvalue weighted by Crippen LogP contribution is 2.42. The maximum absolute atomic E-state index is 11.2. The van der Waals surface area contributed by atoms with Gasteiger partial charge in [0, 0.05) is 0 Å². The van der Waals surface area contributed by atoms with Crippen molar-refractivity contribution in [3.8, 4) is 0 Å². The van der Waals surface area contributed by atoms with Gasteiger partial charge in [0.25, 0.3) is 0 Å². The molecular formula is C8H4O7. The zero-order valence-corrected chi connectivity index (χ0v) is 7.17. The van der Waals surface area contributed by atoms with E-state index in [9.17, 15) is 19.2 Å². The molecule has 0 bridgehead atoms. The third-order valence-corrected chi connectivity index (χ3v) is 2.74. The minimum Gasteiger partial charge on any atom is -0.391 e. The first-order valence-corrected chi connectivity index (χ1v) is 4.26. The van der Waals surface area contributed by atoms with Crippen LogP contribution in [0.5, 0.6) is 0 Å². The van der Waals surface area contributed by atoms with Crippen LogP contribution < -0.4 is 0 Å². The molecule has 15 heavy (non-hydrogen) atoms. The second-order valence-electron chi connectivity index (χ2n) is 3.51. The monoisotopic (exact) mass is 212 g/mol. The number of cyclic esters (lactones) is 4. The fourth-order valence-corrected chi connectivity index (χ4v) is 2.10. The maximum Gasteiger partial charge on any atom is 0.343 e. The first-order valence-electron chi connectivity index (χ1n) is 4.26. The Labute approximate surface area is 82.3 Å². The van der Waals surface area contributed by atoms with Gasteiger partial charge >= 0.3 is 23.9 Å². The Morgan fingerprint density at radius 3 is 1.47 bits per heavy atom. The SMILES string of the molecule is O=C1OC(=O)[C@H]2O[C@@H]3C(=O)OC(=O)[C@H]3[C@H]12. The minimum atomic E-state index is -1.13. The molecule has 3 aliphatic heterocycles. The second-order valence-corrected chi connectivity index (χ2v) is 3.51. The summed E-state index contributed by atoms with van der Waals surface area (Å²) in [5.41, 5.74) is 0. The number of hydrogen-bond donors (Lipinski definition) is 0. The van der Waals surface area contributed by atoms with Crippen LogP contribution in [0.4, 0.5) is 0 Å². The molecule has 0 unspecified atom stereocenters. The summed E-state index contributed by atoms with van der Waals surface area (Å²) in [6, 6.07) is 0. The van der Waals surface area contributed by atoms with E-state index in [0.717, 1.165) is 0 Å². The number of esters is 4. The van der Waals surface area contributed by atoms with Crippen LogP contribution in [-0.4, -0.2) is 36.1 Å². The average molecular weight is 212 g/mol. The molecule has 0 radical (unpaired) electrons. The molecule has 0 aromatic rings. The molecule has 0 aliphatic carbocycles. The molecule has 3 fully saturated rings. The summed E-state index contributed by atoms with van der Waals surface area (Å²) in [6.07, 6.45) is -2.27. The Kier molecular flexibility index (Phi) is 1.38. The molecule has 0 saturated carbocycles. The standard InChI is InChI=1S/C8H4O7/c9-5-1-2-4(8(12)15-6(2)10)13-3(1)7(11)14-5/h1-4H/t1-,2-,3-,4-/m0/s1. The Bertz CT molecular complexity index is 373. The zero-order valence-electron chi connectivity index (χ0n) is 7.17. The van der Waals surface area contributed by atoms with Gasteiger partial charge in [-0.25, -0.2) is 9.59 Å². The van der Waals surface area contributed by atoms with Crippen molar-refractivity contribution in [3.05, 3.63) is 0 Å². The molecule has 3 rings (SSSR count). The van der Waals surface area contributed by atoms with E-state index < -0.39 is 47.9 Å². The van der Waals surface area contributed by atoms with Crippen LogP contribution in [0, 0.1) is 11.8 Å². The lowest BCUT2D eigenvalue weighted by Gasteiger charge is -2.03. The van der Waals surface area contributed by atoms with Crippen molar-refractivity contribution in [2.75, 3.05) is 0 Å². The third kappa shape index (κ3) is 0.878. The van der Waals surface area contributed by atoms with E-state index in [0.29, 0.717) is 0 Å². The molecule has 0 spiro atoms. The summed E-state index contributed by atoms with van der Waals surface area (Å²) in [7, 11) is 0. The van der Waals surface area contributed by atoms with Gasteiger partial charge in [0.2, 0.25) is 0 Å². The number of rotatable bonds is 0. The van der Waals surface area contributed by atoms with Crippen LogP contribution in [-0.2, 0) is 33.4 Å². The molecule has 4 atom stereocenters. The van der Waals surface area contributed by atoms with Crippen molar-refractivity contribution >= 4 is 23.9 Å². The summed E-state index contributed by atoms with van der Waals surface area (Å²) in [4.78, 5) is 44.6. The summed E-state index contributed by atoms with van der Waals surface area (Å²) in [6.45, 7) is 0. The highest BCUT2D eigenvalue weighted by molar-refractivity contribution is 6.07. The molecule has 7 nitrogen and oxygen atoms in total. The Balaban J connectivity index is 2.03. The fraction of sp³-hybridized carbons (Fsp3) is 0.500. The maximum atomic E-state index is 11.2. The van der Waals surface area contributed by atoms with E-state index in [4.69, 9.17) is 4.74 Å². The topological polar surface area (TPSA) is 96.0 Å². The van der Waals surface area contributed by atoms with Gasteiger partial charge in [-0.15, -0.1) is 0 Å². The first kappa shape index (κ1) is 8.54. The normalized spacial score (nSPS) is 42.7. The molecule has 7 heteroatoms. The van der Waals surface area contributed by atoms with Crippen molar-refractivity contribution in [2.24, 2.45) is 11.8 Å². The quantitative estimate of drug-likeness (QED) is 0.343. The molecule has 3 heterocycles. The highest BCUT2D eigenvalue weighted by Gasteiger charge is 2.66. The van der Waals surface area contributed by atoms with E-state index in [1.165, 1.54) is 0 Å². The van der Waals surface area contributed by atoms with Crippen molar-refractivity contribution in [1.29, 1.82) is 0 Å². The van der Waals surface area contributed by atoms with Gasteiger partial charge in [0.15, 0.2) is 12.2 Å². The van der Waals surface area contributed by atoms with Crippen LogP contribution in [0.3, 0.4) is 0 Å². The number of hydrogen-bond acceptors (Lipinski definition) is 7. The van der Waals surface area contributed by atoms with E-state index >= 15 is 0 Å². The first-order chi connectivity index (χ1) is 7.09. The van der Waals surface area contributed by atoms with Crippen LogP contribution in [0.25, 0.3) is 0 Å². The molecular weight excluding hydrogens is 208 g/mol. The fourth-order valence-electron chi connectivity index (χ4n) is 2.10. The second kappa shape index (κ2) is 2.43. The number of carbonyl (C=O) groups excluding carboxylic acids is 4.